The number of nitrogens with zero attached hydrogens (tertiary/aromatic N) is 1. The molecular weight excluding hydrogens is 226 g/mol. The second-order valence-electron chi connectivity index (χ2n) is 4.24. The Morgan fingerprint density at radius 1 is 1.17 bits per heavy atom. The molecule has 0 aromatic heterocycles. The van der Waals surface area contributed by atoms with Crippen molar-refractivity contribution >= 4 is 17.2 Å². The quantitative estimate of drug-likeness (QED) is 0.808. The third kappa shape index (κ3) is 2.56. The molecule has 3 nitrogen and oxygen atoms in total. The van der Waals surface area contributed by atoms with Crippen LogP contribution < -0.4 is 0 Å². The molecule has 0 spiro atoms. The Kier molecular flexibility index (Phi) is 3.42. The first kappa shape index (κ1) is 12.3. The number of ketones is 1. The molecule has 1 aromatic rings. The lowest BCUT2D eigenvalue weighted by Gasteiger charge is -2.08. The van der Waals surface area contributed by atoms with Crippen molar-refractivity contribution in [3.63, 3.8) is 0 Å². The van der Waals surface area contributed by atoms with Gasteiger partial charge in [0.2, 0.25) is 5.78 Å². The van der Waals surface area contributed by atoms with Crippen LogP contribution in [0, 0.1) is 0 Å². The second kappa shape index (κ2) is 5.00. The topological polar surface area (TPSA) is 49.7 Å². The summed E-state index contributed by atoms with van der Waals surface area (Å²) in [5, 5.41) is 9.41. The van der Waals surface area contributed by atoms with Gasteiger partial charge in [-0.1, -0.05) is 19.1 Å². The van der Waals surface area contributed by atoms with E-state index in [2.05, 4.69) is 11.9 Å². The van der Waals surface area contributed by atoms with Crippen molar-refractivity contribution in [2.75, 3.05) is 0 Å². The van der Waals surface area contributed by atoms with Crippen molar-refractivity contribution in [1.82, 2.24) is 0 Å². The highest BCUT2D eigenvalue weighted by Gasteiger charge is 2.14. The molecule has 0 heterocycles. The number of aryl methyl sites for hydroxylation is 1. The van der Waals surface area contributed by atoms with E-state index in [1.165, 1.54) is 17.7 Å². The Bertz CT molecular complexity index is 563. The van der Waals surface area contributed by atoms with E-state index in [1.54, 1.807) is 6.92 Å². The number of carbonyl (C=O) groups is 1. The highest BCUT2D eigenvalue weighted by Crippen LogP contribution is 2.18. The molecule has 2 rings (SSSR count). The zero-order valence-corrected chi connectivity index (χ0v) is 10.5. The van der Waals surface area contributed by atoms with Gasteiger partial charge in [-0.15, -0.1) is 0 Å². The number of allylic oxidation sites excluding steroid dienone is 3. The number of benzene rings is 1. The maximum atomic E-state index is 11.2. The van der Waals surface area contributed by atoms with Gasteiger partial charge in [-0.3, -0.25) is 4.79 Å². The fraction of sp³-hybridized carbons (Fsp3) is 0.200. The zero-order chi connectivity index (χ0) is 13.1. The van der Waals surface area contributed by atoms with Gasteiger partial charge in [-0.2, -0.15) is 0 Å². The largest absolute Gasteiger partial charge is 0.504 e. The number of aliphatic hydroxyl groups is 1. The van der Waals surface area contributed by atoms with E-state index in [0.29, 0.717) is 5.71 Å². The summed E-state index contributed by atoms with van der Waals surface area (Å²) in [7, 11) is 0. The van der Waals surface area contributed by atoms with Crippen molar-refractivity contribution in [3.05, 3.63) is 53.3 Å². The predicted octanol–water partition coefficient (Wildman–Crippen LogP) is 3.29. The summed E-state index contributed by atoms with van der Waals surface area (Å²) in [5.74, 6) is -0.627. The standard InChI is InChI=1S/C15H15NO2/c1-3-11-4-6-12(7-5-11)16-13-9-15(18)14(17)8-10(13)2/h4-9,18H,3H2,1-2H3/b16-13+. The van der Waals surface area contributed by atoms with Crippen LogP contribution in [-0.4, -0.2) is 16.6 Å². The van der Waals surface area contributed by atoms with Crippen LogP contribution in [0.25, 0.3) is 0 Å². The van der Waals surface area contributed by atoms with Gasteiger partial charge in [0.1, 0.15) is 0 Å². The number of aliphatic hydroxyl groups excluding tert-OH is 1. The molecule has 18 heavy (non-hydrogen) atoms. The minimum absolute atomic E-state index is 0.260. The molecule has 92 valence electrons. The normalized spacial score (nSPS) is 17.7. The summed E-state index contributed by atoms with van der Waals surface area (Å²) in [5.41, 5.74) is 3.45. The van der Waals surface area contributed by atoms with Crippen LogP contribution in [0.3, 0.4) is 0 Å². The average Bonchev–Trinajstić information content (AvgIpc) is 2.37. The van der Waals surface area contributed by atoms with Gasteiger partial charge in [-0.25, -0.2) is 4.99 Å². The Balaban J connectivity index is 2.32. The number of hydrogen-bond acceptors (Lipinski definition) is 3. The van der Waals surface area contributed by atoms with Crippen LogP contribution in [0.15, 0.2) is 52.7 Å². The molecule has 0 radical (unpaired) electrons. The Morgan fingerprint density at radius 2 is 1.83 bits per heavy atom. The molecule has 1 aromatic carbocycles. The molecule has 0 unspecified atom stereocenters. The number of carbonyl (C=O) groups excluding carboxylic acids is 1. The van der Waals surface area contributed by atoms with Gasteiger partial charge in [0, 0.05) is 6.08 Å². The Hall–Kier alpha value is -2.16. The summed E-state index contributed by atoms with van der Waals surface area (Å²) >= 11 is 0. The minimum atomic E-state index is -0.368. The highest BCUT2D eigenvalue weighted by molar-refractivity contribution is 6.21. The molecule has 1 N–H and O–H groups in total. The first-order valence-electron chi connectivity index (χ1n) is 5.91. The molecule has 0 aliphatic heterocycles. The van der Waals surface area contributed by atoms with Crippen LogP contribution in [0.5, 0.6) is 0 Å². The van der Waals surface area contributed by atoms with Gasteiger partial charge in [0.15, 0.2) is 5.76 Å². The van der Waals surface area contributed by atoms with Crippen molar-refractivity contribution in [3.8, 4) is 0 Å². The molecule has 0 amide bonds. The Morgan fingerprint density at radius 3 is 2.44 bits per heavy atom. The van der Waals surface area contributed by atoms with E-state index in [4.69, 9.17) is 0 Å². The lowest BCUT2D eigenvalue weighted by molar-refractivity contribution is -0.113. The molecule has 0 saturated heterocycles. The summed E-state index contributed by atoms with van der Waals surface area (Å²) in [6, 6.07) is 7.91. The summed E-state index contributed by atoms with van der Waals surface area (Å²) in [4.78, 5) is 15.7. The van der Waals surface area contributed by atoms with Gasteiger partial charge in [0.25, 0.3) is 0 Å². The average molecular weight is 241 g/mol. The number of hydrogen-bond donors (Lipinski definition) is 1. The van der Waals surface area contributed by atoms with Gasteiger partial charge in [0.05, 0.1) is 11.4 Å². The lowest BCUT2D eigenvalue weighted by Crippen LogP contribution is -2.11. The van der Waals surface area contributed by atoms with Crippen LogP contribution in [-0.2, 0) is 11.2 Å². The molecule has 1 aliphatic carbocycles. The number of aliphatic imine (C=N–C) groups is 1. The number of rotatable bonds is 2. The van der Waals surface area contributed by atoms with Crippen molar-refractivity contribution in [2.45, 2.75) is 20.3 Å². The van der Waals surface area contributed by atoms with E-state index in [-0.39, 0.29) is 11.5 Å². The molecule has 3 heteroatoms. The third-order valence-electron chi connectivity index (χ3n) is 2.87. The second-order valence-corrected chi connectivity index (χ2v) is 4.24. The molecule has 0 atom stereocenters. The smallest absolute Gasteiger partial charge is 0.220 e. The van der Waals surface area contributed by atoms with Crippen LogP contribution in [0.1, 0.15) is 19.4 Å². The molecule has 0 fully saturated rings. The Labute approximate surface area is 106 Å². The molecule has 1 aliphatic rings. The maximum Gasteiger partial charge on any atom is 0.220 e. The van der Waals surface area contributed by atoms with E-state index in [1.807, 2.05) is 24.3 Å². The highest BCUT2D eigenvalue weighted by atomic mass is 16.3. The van der Waals surface area contributed by atoms with Gasteiger partial charge >= 0.3 is 0 Å². The molecule has 0 saturated carbocycles. The van der Waals surface area contributed by atoms with E-state index in [0.717, 1.165) is 17.7 Å². The van der Waals surface area contributed by atoms with Crippen LogP contribution in [0.4, 0.5) is 5.69 Å². The van der Waals surface area contributed by atoms with E-state index in [9.17, 15) is 9.90 Å². The minimum Gasteiger partial charge on any atom is -0.504 e. The van der Waals surface area contributed by atoms with E-state index >= 15 is 0 Å². The summed E-state index contributed by atoms with van der Waals surface area (Å²) in [6.45, 7) is 3.90. The van der Waals surface area contributed by atoms with Gasteiger partial charge < -0.3 is 5.11 Å². The SMILES string of the molecule is CCc1ccc(/N=C2\C=C(O)C(=O)C=C2C)cc1. The van der Waals surface area contributed by atoms with Crippen LogP contribution in [0.2, 0.25) is 0 Å². The molecular formula is C15H15NO2. The van der Waals surface area contributed by atoms with Crippen molar-refractivity contribution < 1.29 is 9.90 Å². The van der Waals surface area contributed by atoms with E-state index < -0.39 is 0 Å². The van der Waals surface area contributed by atoms with Crippen molar-refractivity contribution in [2.24, 2.45) is 4.99 Å². The monoisotopic (exact) mass is 241 g/mol. The first-order chi connectivity index (χ1) is 8.60. The third-order valence-corrected chi connectivity index (χ3v) is 2.87. The van der Waals surface area contributed by atoms with Crippen LogP contribution >= 0.6 is 0 Å². The van der Waals surface area contributed by atoms with Crippen molar-refractivity contribution in [1.29, 1.82) is 0 Å². The zero-order valence-electron chi connectivity index (χ0n) is 10.5. The fourth-order valence-corrected chi connectivity index (χ4v) is 1.72. The first-order valence-corrected chi connectivity index (χ1v) is 5.91. The maximum absolute atomic E-state index is 11.2. The fourth-order valence-electron chi connectivity index (χ4n) is 1.72. The van der Waals surface area contributed by atoms with Gasteiger partial charge in [-0.05, 0) is 42.7 Å². The lowest BCUT2D eigenvalue weighted by atomic mass is 10.0. The summed E-state index contributed by atoms with van der Waals surface area (Å²) in [6.07, 6.45) is 3.80. The predicted molar refractivity (Wildman–Crippen MR) is 72.4 cm³/mol. The molecule has 0 bridgehead atoms. The summed E-state index contributed by atoms with van der Waals surface area (Å²) < 4.78 is 0.